The molecule has 0 radical (unpaired) electrons. The van der Waals surface area contributed by atoms with Crippen molar-refractivity contribution in [1.29, 1.82) is 0 Å². The number of rotatable bonds is 11. The van der Waals surface area contributed by atoms with Gasteiger partial charge in [0, 0.05) is 45.5 Å². The summed E-state index contributed by atoms with van der Waals surface area (Å²) in [7, 11) is 0. The zero-order valence-corrected chi connectivity index (χ0v) is 37.9. The molecule has 0 bridgehead atoms. The molecule has 0 unspecified atom stereocenters. The van der Waals surface area contributed by atoms with E-state index >= 15 is 0 Å². The Morgan fingerprint density at radius 1 is 0.365 bits per heavy atom. The molecule has 6 nitrogen and oxygen atoms in total. The second-order valence-corrected chi connectivity index (χ2v) is 16.8. The molecule has 7 heteroatoms. The monoisotopic (exact) mass is 997 g/mol. The minimum atomic E-state index is -0.550. The molecule has 0 aliphatic heterocycles. The zero-order chi connectivity index (χ0) is 42.3. The number of imidazole rings is 2. The third kappa shape index (κ3) is 7.45. The standard InChI is InChI=1S/C56H46N6.Pt/c1-55(2,49-37-61(53(59-49)47-33-19-35-57-47)51-43(39-21-9-5-10-22-39)29-17-30-44(51)40-23-11-6-12-24-40)56(3,4)50-38-62(54(60-50)48-34-20-36-58-48)52-45(41-25-13-7-14-26-41)31-18-32-46(52)42-27-15-8-16-28-42;/h5-38H,1-4H3;/q-2;+2. The summed E-state index contributed by atoms with van der Waals surface area (Å²) >= 11 is 0. The third-order valence-corrected chi connectivity index (χ3v) is 12.7. The Balaban J connectivity index is 0.00000504. The normalized spacial score (nSPS) is 11.7. The molecule has 0 N–H and O–H groups in total. The molecule has 0 fully saturated rings. The fourth-order valence-electron chi connectivity index (χ4n) is 8.58. The van der Waals surface area contributed by atoms with Crippen molar-refractivity contribution in [2.75, 3.05) is 0 Å². The quantitative estimate of drug-likeness (QED) is 0.130. The van der Waals surface area contributed by atoms with Gasteiger partial charge in [-0.2, -0.15) is 12.4 Å². The Kier molecular flexibility index (Phi) is 11.2. The number of nitrogens with zero attached hydrogens (tertiary/aromatic N) is 6. The molecule has 10 rings (SSSR count). The van der Waals surface area contributed by atoms with E-state index in [2.05, 4.69) is 207 Å². The van der Waals surface area contributed by atoms with Crippen molar-refractivity contribution >= 4 is 0 Å². The zero-order valence-electron chi connectivity index (χ0n) is 35.6. The maximum atomic E-state index is 5.56. The van der Waals surface area contributed by atoms with Crippen LogP contribution in [0.25, 0.3) is 78.9 Å². The number of hydrogen-bond donors (Lipinski definition) is 0. The van der Waals surface area contributed by atoms with E-state index in [0.717, 1.165) is 90.3 Å². The molecular formula is C56H46N6Pt. The first-order valence-electron chi connectivity index (χ1n) is 21.1. The average Bonchev–Trinajstić information content (AvgIpc) is 4.18. The molecule has 310 valence electrons. The van der Waals surface area contributed by atoms with Gasteiger partial charge in [0.15, 0.2) is 0 Å². The van der Waals surface area contributed by atoms with Crippen LogP contribution in [0.5, 0.6) is 0 Å². The van der Waals surface area contributed by atoms with E-state index in [1.165, 1.54) is 0 Å². The van der Waals surface area contributed by atoms with Crippen molar-refractivity contribution in [1.82, 2.24) is 29.1 Å². The van der Waals surface area contributed by atoms with Crippen molar-refractivity contribution < 1.29 is 21.1 Å². The van der Waals surface area contributed by atoms with Crippen LogP contribution in [0.2, 0.25) is 0 Å². The van der Waals surface area contributed by atoms with Gasteiger partial charge >= 0.3 is 21.1 Å². The summed E-state index contributed by atoms with van der Waals surface area (Å²) in [5.41, 5.74) is 13.4. The summed E-state index contributed by atoms with van der Waals surface area (Å²) in [6.07, 6.45) is 8.14. The van der Waals surface area contributed by atoms with Crippen LogP contribution in [-0.2, 0) is 31.9 Å². The topological polar surface area (TPSA) is 63.8 Å². The molecule has 0 amide bonds. The molecule has 0 aliphatic rings. The van der Waals surface area contributed by atoms with Crippen LogP contribution >= 0.6 is 0 Å². The summed E-state index contributed by atoms with van der Waals surface area (Å²) < 4.78 is 4.53. The number of aromatic nitrogens is 6. The molecule has 4 aromatic heterocycles. The second-order valence-electron chi connectivity index (χ2n) is 16.8. The van der Waals surface area contributed by atoms with Crippen LogP contribution in [0.15, 0.2) is 207 Å². The van der Waals surface area contributed by atoms with E-state index in [0.29, 0.717) is 0 Å². The van der Waals surface area contributed by atoms with E-state index in [9.17, 15) is 0 Å². The number of para-hydroxylation sites is 2. The summed E-state index contributed by atoms with van der Waals surface area (Å²) in [4.78, 5) is 20.8. The first-order valence-corrected chi connectivity index (χ1v) is 21.1. The molecule has 63 heavy (non-hydrogen) atoms. The van der Waals surface area contributed by atoms with Gasteiger partial charge in [-0.05, 0) is 22.3 Å². The van der Waals surface area contributed by atoms with Gasteiger partial charge in [-0.3, -0.25) is 9.13 Å². The largest absolute Gasteiger partial charge is 2.00 e. The third-order valence-electron chi connectivity index (χ3n) is 12.7. The van der Waals surface area contributed by atoms with E-state index in [1.54, 1.807) is 0 Å². The van der Waals surface area contributed by atoms with Crippen LogP contribution in [0.4, 0.5) is 0 Å². The minimum absolute atomic E-state index is 0. The van der Waals surface area contributed by atoms with Gasteiger partial charge in [-0.1, -0.05) is 221 Å². The maximum Gasteiger partial charge on any atom is 2.00 e. The Morgan fingerprint density at radius 3 is 0.937 bits per heavy atom. The van der Waals surface area contributed by atoms with Crippen molar-refractivity contribution in [2.24, 2.45) is 0 Å². The molecule has 0 spiro atoms. The summed E-state index contributed by atoms with van der Waals surface area (Å²) in [6.45, 7) is 9.15. The minimum Gasteiger partial charge on any atom is -0.661 e. The molecule has 0 saturated carbocycles. The fourth-order valence-corrected chi connectivity index (χ4v) is 8.58. The first kappa shape index (κ1) is 41.3. The molecule has 0 atom stereocenters. The van der Waals surface area contributed by atoms with Crippen LogP contribution in [0, 0.1) is 0 Å². The van der Waals surface area contributed by atoms with Gasteiger partial charge in [0.05, 0.1) is 22.8 Å². The van der Waals surface area contributed by atoms with E-state index in [1.807, 2.05) is 36.7 Å². The van der Waals surface area contributed by atoms with Crippen molar-refractivity contribution in [3.8, 4) is 78.9 Å². The van der Waals surface area contributed by atoms with Gasteiger partial charge < -0.3 is 9.97 Å². The van der Waals surface area contributed by atoms with Gasteiger partial charge in [-0.15, -0.1) is 0 Å². The first-order chi connectivity index (χ1) is 30.3. The second kappa shape index (κ2) is 17.0. The predicted octanol–water partition coefficient (Wildman–Crippen LogP) is 13.2. The van der Waals surface area contributed by atoms with Crippen LogP contribution in [0.1, 0.15) is 39.1 Å². The van der Waals surface area contributed by atoms with Gasteiger partial charge in [0.2, 0.25) is 0 Å². The van der Waals surface area contributed by atoms with Crippen LogP contribution in [0.3, 0.4) is 0 Å². The van der Waals surface area contributed by atoms with Crippen molar-refractivity contribution in [3.05, 3.63) is 218 Å². The van der Waals surface area contributed by atoms with Gasteiger partial charge in [-0.25, -0.2) is 9.97 Å². The van der Waals surface area contributed by atoms with Crippen LogP contribution < -0.4 is 9.97 Å². The Morgan fingerprint density at radius 2 is 0.667 bits per heavy atom. The molecule has 0 saturated heterocycles. The van der Waals surface area contributed by atoms with E-state index in [4.69, 9.17) is 19.9 Å². The molecular weight excluding hydrogens is 952 g/mol. The number of benzene rings is 6. The summed E-state index contributed by atoms with van der Waals surface area (Å²) in [5.74, 6) is 1.57. The number of hydrogen-bond acceptors (Lipinski definition) is 2. The SMILES string of the molecule is CC(C)(c1cn(-c2c(-c3ccccc3)cccc2-c2ccccc2)c(-c2ccc[n-]2)n1)C(C)(C)c1cn(-c2c(-c3ccccc3)cccc2-c2ccccc2)c(-c2ccc[n-]2)n1.[Pt+2]. The van der Waals surface area contributed by atoms with Crippen molar-refractivity contribution in [3.63, 3.8) is 0 Å². The predicted molar refractivity (Wildman–Crippen MR) is 252 cm³/mol. The summed E-state index contributed by atoms with van der Waals surface area (Å²) in [5, 5.41) is 0. The molecule has 10 aromatic rings. The fraction of sp³-hybridized carbons (Fsp3) is 0.107. The average molecular weight is 998 g/mol. The summed E-state index contributed by atoms with van der Waals surface area (Å²) in [6, 6.07) is 63.6. The Bertz CT molecular complexity index is 2760. The Hall–Kier alpha value is -7.01. The van der Waals surface area contributed by atoms with E-state index in [-0.39, 0.29) is 21.1 Å². The van der Waals surface area contributed by atoms with Gasteiger partial charge in [0.25, 0.3) is 0 Å². The van der Waals surface area contributed by atoms with E-state index < -0.39 is 10.8 Å². The smallest absolute Gasteiger partial charge is 0.661 e. The molecule has 0 aliphatic carbocycles. The van der Waals surface area contributed by atoms with Gasteiger partial charge in [0.1, 0.15) is 11.6 Å². The van der Waals surface area contributed by atoms with Crippen LogP contribution in [-0.4, -0.2) is 19.1 Å². The maximum absolute atomic E-state index is 5.56. The Labute approximate surface area is 383 Å². The molecule has 4 heterocycles. The molecule has 6 aromatic carbocycles. The van der Waals surface area contributed by atoms with Crippen molar-refractivity contribution in [2.45, 2.75) is 38.5 Å².